The number of benzene rings is 3. The molecule has 10 heteroatoms. The number of amides is 1. The molecule has 1 heterocycles. The van der Waals surface area contributed by atoms with Gasteiger partial charge in [0.2, 0.25) is 0 Å². The van der Waals surface area contributed by atoms with Crippen molar-refractivity contribution in [1.82, 2.24) is 4.57 Å². The Kier molecular flexibility index (Phi) is 6.58. The molecule has 0 spiro atoms. The summed E-state index contributed by atoms with van der Waals surface area (Å²) in [6.45, 7) is 0.249. The van der Waals surface area contributed by atoms with E-state index in [1.54, 1.807) is 16.7 Å². The lowest BCUT2D eigenvalue weighted by Gasteiger charge is -2.08. The molecule has 3 aromatic carbocycles. The summed E-state index contributed by atoms with van der Waals surface area (Å²) in [6.07, 6.45) is 5.49. The van der Waals surface area contributed by atoms with Crippen LogP contribution in [0.15, 0.2) is 76.6 Å². The summed E-state index contributed by atoms with van der Waals surface area (Å²) in [5, 5.41) is 1.01. The molecule has 0 aliphatic rings. The number of sulfonamides is 1. The van der Waals surface area contributed by atoms with Crippen LogP contribution in [0.3, 0.4) is 0 Å². The van der Waals surface area contributed by atoms with Gasteiger partial charge in [-0.05, 0) is 66.7 Å². The van der Waals surface area contributed by atoms with Gasteiger partial charge >= 0.3 is 0 Å². The lowest BCUT2D eigenvalue weighted by atomic mass is 10.2. The van der Waals surface area contributed by atoms with Crippen LogP contribution >= 0.6 is 34.5 Å². The number of carbonyl (C=O) groups excluding carboxylic acids is 1. The highest BCUT2D eigenvalue weighted by Gasteiger charge is 2.15. The Hall–Kier alpha value is -3.09. The highest BCUT2D eigenvalue weighted by Crippen LogP contribution is 2.22. The molecular formula is C23H15Cl2N3O3S2. The van der Waals surface area contributed by atoms with Gasteiger partial charge in [-0.15, -0.1) is 6.42 Å². The zero-order valence-electron chi connectivity index (χ0n) is 16.8. The maximum atomic E-state index is 12.8. The fraction of sp³-hybridized carbons (Fsp3) is 0.0435. The first-order valence-corrected chi connectivity index (χ1v) is 12.5. The van der Waals surface area contributed by atoms with Crippen LogP contribution in [0.5, 0.6) is 0 Å². The first-order chi connectivity index (χ1) is 15.8. The molecule has 0 saturated carbocycles. The highest BCUT2D eigenvalue weighted by atomic mass is 35.5. The van der Waals surface area contributed by atoms with Gasteiger partial charge in [0.05, 0.1) is 21.7 Å². The van der Waals surface area contributed by atoms with Crippen LogP contribution in [0, 0.1) is 12.3 Å². The monoisotopic (exact) mass is 515 g/mol. The van der Waals surface area contributed by atoms with E-state index in [0.29, 0.717) is 26.1 Å². The zero-order valence-corrected chi connectivity index (χ0v) is 20.0. The van der Waals surface area contributed by atoms with E-state index < -0.39 is 15.9 Å². The molecule has 1 N–H and O–H groups in total. The molecule has 0 aliphatic heterocycles. The SMILES string of the molecule is C#CCn1c(=NC(=O)c2ccc(NS(=O)(=O)c3ccc(Cl)cc3)cc2)sc2cc(Cl)ccc21. The van der Waals surface area contributed by atoms with E-state index in [1.807, 2.05) is 6.07 Å². The second kappa shape index (κ2) is 9.41. The number of carbonyl (C=O) groups is 1. The van der Waals surface area contributed by atoms with Gasteiger partial charge in [0.15, 0.2) is 4.80 Å². The summed E-state index contributed by atoms with van der Waals surface area (Å²) in [5.74, 6) is 2.09. The van der Waals surface area contributed by atoms with Crippen LogP contribution in [0.1, 0.15) is 10.4 Å². The quantitative estimate of drug-likeness (QED) is 0.371. The van der Waals surface area contributed by atoms with E-state index in [9.17, 15) is 13.2 Å². The van der Waals surface area contributed by atoms with E-state index in [2.05, 4.69) is 15.6 Å². The van der Waals surface area contributed by atoms with E-state index in [0.717, 1.165) is 10.2 Å². The first kappa shape index (κ1) is 23.1. The molecule has 166 valence electrons. The molecule has 6 nitrogen and oxygen atoms in total. The van der Waals surface area contributed by atoms with E-state index in [-0.39, 0.29) is 11.4 Å². The van der Waals surface area contributed by atoms with Crippen molar-refractivity contribution >= 4 is 66.4 Å². The summed E-state index contributed by atoms with van der Waals surface area (Å²) >= 11 is 13.2. The molecule has 0 radical (unpaired) electrons. The molecule has 4 rings (SSSR count). The molecule has 0 bridgehead atoms. The Morgan fingerprint density at radius 2 is 1.70 bits per heavy atom. The summed E-state index contributed by atoms with van der Waals surface area (Å²) < 4.78 is 30.1. The van der Waals surface area contributed by atoms with Crippen molar-refractivity contribution in [2.24, 2.45) is 4.99 Å². The van der Waals surface area contributed by atoms with Crippen LogP contribution in [0.25, 0.3) is 10.2 Å². The molecule has 1 amide bonds. The first-order valence-electron chi connectivity index (χ1n) is 9.47. The molecule has 0 unspecified atom stereocenters. The second-order valence-electron chi connectivity index (χ2n) is 6.84. The molecule has 33 heavy (non-hydrogen) atoms. The number of halogens is 2. The fourth-order valence-electron chi connectivity index (χ4n) is 3.04. The minimum Gasteiger partial charge on any atom is -0.305 e. The normalized spacial score (nSPS) is 12.0. The average Bonchev–Trinajstić information content (AvgIpc) is 3.10. The van der Waals surface area contributed by atoms with E-state index in [4.69, 9.17) is 29.6 Å². The van der Waals surface area contributed by atoms with Gasteiger partial charge in [0, 0.05) is 21.3 Å². The van der Waals surface area contributed by atoms with Crippen LogP contribution < -0.4 is 9.52 Å². The Labute approximate surface area is 204 Å². The lowest BCUT2D eigenvalue weighted by Crippen LogP contribution is -2.16. The third-order valence-electron chi connectivity index (χ3n) is 4.60. The van der Waals surface area contributed by atoms with Crippen molar-refractivity contribution in [3.05, 3.63) is 87.1 Å². The summed E-state index contributed by atoms with van der Waals surface area (Å²) in [5.41, 5.74) is 1.44. The standard InChI is InChI=1S/C23H15Cl2N3O3S2/c1-2-13-28-20-12-7-17(25)14-21(20)32-23(28)26-22(29)15-3-8-18(9-4-15)27-33(30,31)19-10-5-16(24)6-11-19/h1,3-12,14,27H,13H2. The Balaban J connectivity index is 1.60. The Morgan fingerprint density at radius 1 is 1.03 bits per heavy atom. The van der Waals surface area contributed by atoms with Crippen molar-refractivity contribution < 1.29 is 13.2 Å². The van der Waals surface area contributed by atoms with E-state index >= 15 is 0 Å². The lowest BCUT2D eigenvalue weighted by molar-refractivity contribution is 0.0998. The predicted molar refractivity (Wildman–Crippen MR) is 132 cm³/mol. The molecule has 0 fully saturated rings. The minimum atomic E-state index is -3.79. The Morgan fingerprint density at radius 3 is 2.36 bits per heavy atom. The fourth-order valence-corrected chi connectivity index (χ4v) is 5.52. The molecular weight excluding hydrogens is 501 g/mol. The average molecular weight is 516 g/mol. The van der Waals surface area contributed by atoms with Crippen molar-refractivity contribution in [3.8, 4) is 12.3 Å². The number of fused-ring (bicyclic) bond motifs is 1. The van der Waals surface area contributed by atoms with Gasteiger partial charge in [-0.2, -0.15) is 4.99 Å². The molecule has 0 atom stereocenters. The molecule has 0 saturated heterocycles. The van der Waals surface area contributed by atoms with Gasteiger partial charge < -0.3 is 4.57 Å². The smallest absolute Gasteiger partial charge is 0.279 e. The number of terminal acetylenes is 1. The van der Waals surface area contributed by atoms with Gasteiger partial charge in [-0.3, -0.25) is 9.52 Å². The van der Waals surface area contributed by atoms with Crippen LogP contribution in [-0.4, -0.2) is 18.9 Å². The number of nitrogens with one attached hydrogen (secondary N) is 1. The second-order valence-corrected chi connectivity index (χ2v) is 10.4. The number of aromatic nitrogens is 1. The number of thiazole rings is 1. The Bertz CT molecular complexity index is 1560. The van der Waals surface area contributed by atoms with Crippen molar-refractivity contribution in [2.45, 2.75) is 11.4 Å². The predicted octanol–water partition coefficient (Wildman–Crippen LogP) is 5.18. The summed E-state index contributed by atoms with van der Waals surface area (Å²) in [4.78, 5) is 17.5. The number of anilines is 1. The minimum absolute atomic E-state index is 0.0741. The van der Waals surface area contributed by atoms with Crippen LogP contribution in [-0.2, 0) is 16.6 Å². The van der Waals surface area contributed by atoms with Gasteiger partial charge in [0.1, 0.15) is 0 Å². The van der Waals surface area contributed by atoms with Crippen molar-refractivity contribution in [2.75, 3.05) is 4.72 Å². The number of hydrogen-bond acceptors (Lipinski definition) is 4. The van der Waals surface area contributed by atoms with Crippen LogP contribution in [0.4, 0.5) is 5.69 Å². The summed E-state index contributed by atoms with van der Waals surface area (Å²) in [7, 11) is -3.79. The maximum Gasteiger partial charge on any atom is 0.279 e. The van der Waals surface area contributed by atoms with Gasteiger partial charge in [-0.1, -0.05) is 40.5 Å². The number of hydrogen-bond donors (Lipinski definition) is 1. The largest absolute Gasteiger partial charge is 0.305 e. The van der Waals surface area contributed by atoms with Gasteiger partial charge in [-0.25, -0.2) is 8.42 Å². The molecule has 1 aromatic heterocycles. The van der Waals surface area contributed by atoms with Gasteiger partial charge in [0.25, 0.3) is 15.9 Å². The third kappa shape index (κ3) is 5.13. The molecule has 4 aromatic rings. The van der Waals surface area contributed by atoms with Crippen LogP contribution in [0.2, 0.25) is 10.0 Å². The van der Waals surface area contributed by atoms with Crippen molar-refractivity contribution in [1.29, 1.82) is 0 Å². The third-order valence-corrected chi connectivity index (χ3v) is 7.52. The molecule has 0 aliphatic carbocycles. The number of nitrogens with zero attached hydrogens (tertiary/aromatic N) is 2. The topological polar surface area (TPSA) is 80.5 Å². The zero-order chi connectivity index (χ0) is 23.6. The van der Waals surface area contributed by atoms with E-state index in [1.165, 1.54) is 59.9 Å². The van der Waals surface area contributed by atoms with Crippen molar-refractivity contribution in [3.63, 3.8) is 0 Å². The maximum absolute atomic E-state index is 12.8. The highest BCUT2D eigenvalue weighted by molar-refractivity contribution is 7.92. The summed E-state index contributed by atoms with van der Waals surface area (Å²) in [6, 6.07) is 17.2. The number of rotatable bonds is 5.